The van der Waals surface area contributed by atoms with Crippen LogP contribution in [0.2, 0.25) is 0 Å². The van der Waals surface area contributed by atoms with Gasteiger partial charge in [0.2, 0.25) is 17.7 Å². The molecule has 0 radical (unpaired) electrons. The summed E-state index contributed by atoms with van der Waals surface area (Å²) in [5.41, 5.74) is 0.164. The van der Waals surface area contributed by atoms with Crippen molar-refractivity contribution in [3.05, 3.63) is 35.4 Å². The van der Waals surface area contributed by atoms with E-state index in [9.17, 15) is 14.4 Å². The van der Waals surface area contributed by atoms with Crippen molar-refractivity contribution in [3.8, 4) is 0 Å². The summed E-state index contributed by atoms with van der Waals surface area (Å²) in [5, 5.41) is 11.5. The zero-order valence-electron chi connectivity index (χ0n) is 30.2. The molecule has 1 heterocycles. The molecule has 0 spiro atoms. The van der Waals surface area contributed by atoms with Crippen LogP contribution in [0.4, 0.5) is 0 Å². The monoisotopic (exact) mass is 600 g/mol. The van der Waals surface area contributed by atoms with E-state index in [1.807, 2.05) is 41.5 Å². The SMILES string of the molecule is CC(C)CO.CCC(C)(C)CC(C)(C)C(=O)NC(C)(C)CC(C)(C)c1ccc(C(C)(C)C(C)(C)C(=O)N2CCC2=O)cc1. The molecule has 2 rings (SSSR count). The van der Waals surface area contributed by atoms with E-state index in [-0.39, 0.29) is 34.1 Å². The molecule has 1 aromatic rings. The van der Waals surface area contributed by atoms with Gasteiger partial charge in [0.1, 0.15) is 0 Å². The highest BCUT2D eigenvalue weighted by Gasteiger charge is 2.49. The second kappa shape index (κ2) is 13.8. The first-order chi connectivity index (χ1) is 19.3. The Labute approximate surface area is 263 Å². The number of amides is 3. The number of hydrogen-bond acceptors (Lipinski definition) is 4. The molecule has 6 nitrogen and oxygen atoms in total. The largest absolute Gasteiger partial charge is 0.396 e. The first-order valence-corrected chi connectivity index (χ1v) is 16.2. The molecule has 6 heteroatoms. The summed E-state index contributed by atoms with van der Waals surface area (Å²) in [6.07, 6.45) is 3.11. The van der Waals surface area contributed by atoms with Crippen molar-refractivity contribution < 1.29 is 19.5 Å². The second-order valence-corrected chi connectivity index (χ2v) is 17.0. The van der Waals surface area contributed by atoms with Crippen LogP contribution in [0.3, 0.4) is 0 Å². The number of aliphatic hydroxyl groups is 1. The van der Waals surface area contributed by atoms with Gasteiger partial charge in [0.05, 0.1) is 5.41 Å². The van der Waals surface area contributed by atoms with E-state index in [4.69, 9.17) is 5.11 Å². The van der Waals surface area contributed by atoms with Crippen molar-refractivity contribution in [2.24, 2.45) is 22.2 Å². The molecular formula is C37H64N2O4. The standard InChI is InChI=1S/C33H54N2O3.C4H10O/c1-14-28(2,3)21-30(6,7)26(37)34-31(8,9)22-29(4,5)23-15-17-24(18-16-23)32(10,11)33(12,13)27(38)35-20-19-25(35)36;1-4(2)3-5/h15-18H,14,19-22H2,1-13H3,(H,34,37);4-5H,3H2,1-2H3. The number of nitrogens with zero attached hydrogens (tertiary/aromatic N) is 1. The van der Waals surface area contributed by atoms with E-state index in [1.54, 1.807) is 0 Å². The van der Waals surface area contributed by atoms with Crippen LogP contribution < -0.4 is 5.32 Å². The molecule has 0 aromatic heterocycles. The lowest BCUT2D eigenvalue weighted by atomic mass is 9.62. The lowest BCUT2D eigenvalue weighted by Crippen LogP contribution is -2.57. The normalized spacial score (nSPS) is 15.1. The van der Waals surface area contributed by atoms with Gasteiger partial charge in [0.15, 0.2) is 0 Å². The molecule has 0 bridgehead atoms. The summed E-state index contributed by atoms with van der Waals surface area (Å²) in [5.74, 6) is 0.355. The maximum absolute atomic E-state index is 13.3. The van der Waals surface area contributed by atoms with Gasteiger partial charge in [0.25, 0.3) is 0 Å². The lowest BCUT2D eigenvalue weighted by Gasteiger charge is -2.45. The second-order valence-electron chi connectivity index (χ2n) is 17.0. The van der Waals surface area contributed by atoms with Gasteiger partial charge in [-0.25, -0.2) is 0 Å². The number of carbonyl (C=O) groups is 3. The van der Waals surface area contributed by atoms with Crippen LogP contribution in [0.1, 0.15) is 141 Å². The Kier molecular flexibility index (Phi) is 12.5. The predicted octanol–water partition coefficient (Wildman–Crippen LogP) is 7.80. The minimum atomic E-state index is -0.731. The third kappa shape index (κ3) is 9.89. The van der Waals surface area contributed by atoms with Crippen LogP contribution in [0, 0.1) is 22.2 Å². The number of carbonyl (C=O) groups excluding carboxylic acids is 3. The molecule has 1 aromatic carbocycles. The fourth-order valence-electron chi connectivity index (χ4n) is 5.96. The minimum Gasteiger partial charge on any atom is -0.396 e. The quantitative estimate of drug-likeness (QED) is 0.240. The summed E-state index contributed by atoms with van der Waals surface area (Å²) >= 11 is 0. The van der Waals surface area contributed by atoms with Crippen molar-refractivity contribution in [1.29, 1.82) is 0 Å². The van der Waals surface area contributed by atoms with Gasteiger partial charge in [-0.2, -0.15) is 0 Å². The number of benzene rings is 1. The third-order valence-electron chi connectivity index (χ3n) is 9.77. The summed E-state index contributed by atoms with van der Waals surface area (Å²) in [4.78, 5) is 39.8. The minimum absolute atomic E-state index is 0.0804. The zero-order valence-corrected chi connectivity index (χ0v) is 30.2. The number of nitrogens with one attached hydrogen (secondary N) is 1. The summed E-state index contributed by atoms with van der Waals surface area (Å²) in [7, 11) is 0. The van der Waals surface area contributed by atoms with Crippen LogP contribution in [0.15, 0.2) is 24.3 Å². The van der Waals surface area contributed by atoms with Crippen molar-refractivity contribution in [2.45, 2.75) is 146 Å². The van der Waals surface area contributed by atoms with Gasteiger partial charge < -0.3 is 10.4 Å². The van der Waals surface area contributed by atoms with Crippen LogP contribution >= 0.6 is 0 Å². The van der Waals surface area contributed by atoms with Crippen molar-refractivity contribution in [1.82, 2.24) is 10.2 Å². The summed E-state index contributed by atoms with van der Waals surface area (Å²) in [6.45, 7) is 32.2. The van der Waals surface area contributed by atoms with E-state index in [1.165, 1.54) is 10.5 Å². The molecule has 3 amide bonds. The Hall–Kier alpha value is -2.21. The fraction of sp³-hybridized carbons (Fsp3) is 0.757. The molecule has 43 heavy (non-hydrogen) atoms. The van der Waals surface area contributed by atoms with Gasteiger partial charge in [-0.15, -0.1) is 0 Å². The predicted molar refractivity (Wildman–Crippen MR) is 179 cm³/mol. The van der Waals surface area contributed by atoms with Crippen LogP contribution in [-0.4, -0.2) is 46.4 Å². The highest BCUT2D eigenvalue weighted by atomic mass is 16.3. The molecule has 1 aliphatic rings. The highest BCUT2D eigenvalue weighted by molar-refractivity contribution is 6.02. The molecule has 246 valence electrons. The van der Waals surface area contributed by atoms with Crippen molar-refractivity contribution >= 4 is 17.7 Å². The Balaban J connectivity index is 0.00000170. The van der Waals surface area contributed by atoms with E-state index >= 15 is 0 Å². The van der Waals surface area contributed by atoms with Gasteiger partial charge in [-0.3, -0.25) is 19.3 Å². The number of likely N-dealkylation sites (tertiary alicyclic amines) is 1. The molecule has 1 aliphatic heterocycles. The third-order valence-corrected chi connectivity index (χ3v) is 9.77. The molecular weight excluding hydrogens is 536 g/mol. The highest BCUT2D eigenvalue weighted by Crippen LogP contribution is 2.44. The zero-order chi connectivity index (χ0) is 33.8. The first-order valence-electron chi connectivity index (χ1n) is 16.2. The van der Waals surface area contributed by atoms with Crippen molar-refractivity contribution in [3.63, 3.8) is 0 Å². The average molecular weight is 601 g/mol. The Morgan fingerprint density at radius 1 is 0.860 bits per heavy atom. The van der Waals surface area contributed by atoms with Gasteiger partial charge >= 0.3 is 0 Å². The number of rotatable bonds is 12. The molecule has 1 fully saturated rings. The number of aliphatic hydroxyl groups excluding tert-OH is 1. The Morgan fingerprint density at radius 2 is 1.33 bits per heavy atom. The maximum Gasteiger partial charge on any atom is 0.235 e. The number of imide groups is 1. The smallest absolute Gasteiger partial charge is 0.235 e. The van der Waals surface area contributed by atoms with Crippen LogP contribution in [0.25, 0.3) is 0 Å². The van der Waals surface area contributed by atoms with Crippen molar-refractivity contribution in [2.75, 3.05) is 13.2 Å². The first kappa shape index (κ1) is 38.8. The van der Waals surface area contributed by atoms with E-state index in [0.29, 0.717) is 25.5 Å². The maximum atomic E-state index is 13.3. The van der Waals surface area contributed by atoms with E-state index in [0.717, 1.165) is 24.8 Å². The van der Waals surface area contributed by atoms with E-state index in [2.05, 4.69) is 91.9 Å². The molecule has 2 N–H and O–H groups in total. The van der Waals surface area contributed by atoms with Crippen LogP contribution in [-0.2, 0) is 25.2 Å². The molecule has 0 aliphatic carbocycles. The molecule has 0 saturated carbocycles. The lowest BCUT2D eigenvalue weighted by molar-refractivity contribution is -0.160. The van der Waals surface area contributed by atoms with Gasteiger partial charge in [-0.05, 0) is 54.6 Å². The Bertz CT molecular complexity index is 1110. The Morgan fingerprint density at radius 3 is 1.70 bits per heavy atom. The molecule has 0 atom stereocenters. The molecule has 1 saturated heterocycles. The van der Waals surface area contributed by atoms with Crippen LogP contribution in [0.5, 0.6) is 0 Å². The van der Waals surface area contributed by atoms with Gasteiger partial charge in [0, 0.05) is 35.9 Å². The summed E-state index contributed by atoms with van der Waals surface area (Å²) in [6, 6.07) is 8.53. The van der Waals surface area contributed by atoms with E-state index < -0.39 is 16.2 Å². The summed E-state index contributed by atoms with van der Waals surface area (Å²) < 4.78 is 0. The molecule has 0 unspecified atom stereocenters. The topological polar surface area (TPSA) is 86.7 Å². The van der Waals surface area contributed by atoms with Gasteiger partial charge in [-0.1, -0.05) is 121 Å². The average Bonchev–Trinajstić information content (AvgIpc) is 2.86. The fourth-order valence-corrected chi connectivity index (χ4v) is 5.96. The number of hydrogen-bond donors (Lipinski definition) is 2. The number of β-lactam (4-membered cyclic amide) rings is 1.